The van der Waals surface area contributed by atoms with Crippen LogP contribution in [-0.4, -0.2) is 23.9 Å². The number of thioether (sulfide) groups is 1. The molecule has 2 aliphatic rings. The number of aliphatic imine (C=N–C) groups is 1. The monoisotopic (exact) mass is 347 g/mol. The fourth-order valence-corrected chi connectivity index (χ4v) is 6.47. The van der Waals surface area contributed by atoms with E-state index in [4.69, 9.17) is 11.5 Å². The van der Waals surface area contributed by atoms with Gasteiger partial charge in [-0.1, -0.05) is 11.8 Å². The Morgan fingerprint density at radius 2 is 2.00 bits per heavy atom. The number of sulfone groups is 1. The Morgan fingerprint density at radius 3 is 2.59 bits per heavy atom. The largest absolute Gasteiger partial charge is 0.399 e. The molecule has 1 aromatic rings. The van der Waals surface area contributed by atoms with Crippen LogP contribution in [0.3, 0.4) is 0 Å². The third kappa shape index (κ3) is 1.95. The summed E-state index contributed by atoms with van der Waals surface area (Å²) >= 11 is 0.973. The highest BCUT2D eigenvalue weighted by molar-refractivity contribution is 8.24. The third-order valence-corrected chi connectivity index (χ3v) is 8.34. The lowest BCUT2D eigenvalue weighted by molar-refractivity contribution is 0.388. The molecule has 0 amide bonds. The van der Waals surface area contributed by atoms with Gasteiger partial charge in [-0.2, -0.15) is 0 Å². The van der Waals surface area contributed by atoms with Crippen LogP contribution < -0.4 is 11.5 Å². The Labute approximate surface area is 131 Å². The topological polar surface area (TPSA) is 98.5 Å². The highest BCUT2D eigenvalue weighted by Gasteiger charge is 2.72. The quantitative estimate of drug-likeness (QED) is 0.792. The van der Waals surface area contributed by atoms with E-state index in [1.54, 1.807) is 6.92 Å². The number of amidine groups is 1. The summed E-state index contributed by atoms with van der Waals surface area (Å²) in [7, 11) is -3.44. The van der Waals surface area contributed by atoms with Crippen molar-refractivity contribution in [2.24, 2.45) is 16.6 Å². The Balaban J connectivity index is 2.21. The highest BCUT2D eigenvalue weighted by Crippen LogP contribution is 2.68. The Hall–Kier alpha value is -1.35. The molecule has 120 valence electrons. The SMILES string of the molecule is C[C@]1(c2cc(N)cc(F)c2F)N=C(N)S[C@@]2(S(C)(=O)=O)C[C@H]21. The van der Waals surface area contributed by atoms with E-state index in [2.05, 4.69) is 4.99 Å². The van der Waals surface area contributed by atoms with Gasteiger partial charge in [-0.15, -0.1) is 0 Å². The predicted octanol–water partition coefficient (Wildman–Crippen LogP) is 1.58. The van der Waals surface area contributed by atoms with E-state index in [0.29, 0.717) is 0 Å². The van der Waals surface area contributed by atoms with Gasteiger partial charge in [0.15, 0.2) is 26.6 Å². The van der Waals surface area contributed by atoms with Gasteiger partial charge in [-0.25, -0.2) is 17.2 Å². The predicted molar refractivity (Wildman–Crippen MR) is 83.0 cm³/mol. The van der Waals surface area contributed by atoms with Gasteiger partial charge in [0.25, 0.3) is 0 Å². The van der Waals surface area contributed by atoms with Gasteiger partial charge in [0.2, 0.25) is 0 Å². The van der Waals surface area contributed by atoms with Crippen molar-refractivity contribution >= 4 is 32.5 Å². The van der Waals surface area contributed by atoms with Crippen LogP contribution in [0.15, 0.2) is 17.1 Å². The first-order valence-electron chi connectivity index (χ1n) is 6.50. The summed E-state index contributed by atoms with van der Waals surface area (Å²) in [6.07, 6.45) is 1.41. The van der Waals surface area contributed by atoms with Gasteiger partial charge in [0.1, 0.15) is 4.08 Å². The molecule has 0 bridgehead atoms. The van der Waals surface area contributed by atoms with Gasteiger partial charge in [0, 0.05) is 23.4 Å². The van der Waals surface area contributed by atoms with Gasteiger partial charge < -0.3 is 11.5 Å². The zero-order valence-corrected chi connectivity index (χ0v) is 13.6. The maximum Gasteiger partial charge on any atom is 0.164 e. The molecule has 1 aliphatic carbocycles. The fraction of sp³-hybridized carbons (Fsp3) is 0.462. The van der Waals surface area contributed by atoms with Crippen LogP contribution in [0, 0.1) is 17.6 Å². The van der Waals surface area contributed by atoms with E-state index in [9.17, 15) is 17.2 Å². The Bertz CT molecular complexity index is 812. The molecule has 0 radical (unpaired) electrons. The summed E-state index contributed by atoms with van der Waals surface area (Å²) in [5.74, 6) is -2.65. The van der Waals surface area contributed by atoms with Crippen molar-refractivity contribution in [3.05, 3.63) is 29.3 Å². The normalized spacial score (nSPS) is 34.0. The van der Waals surface area contributed by atoms with Crippen LogP contribution in [0.2, 0.25) is 0 Å². The molecule has 1 aromatic carbocycles. The number of rotatable bonds is 2. The molecule has 1 heterocycles. The zero-order valence-electron chi connectivity index (χ0n) is 11.9. The van der Waals surface area contributed by atoms with Crippen LogP contribution in [0.25, 0.3) is 0 Å². The number of hydrogen-bond acceptors (Lipinski definition) is 6. The first-order valence-corrected chi connectivity index (χ1v) is 9.21. The van der Waals surface area contributed by atoms with Crippen molar-refractivity contribution in [1.29, 1.82) is 0 Å². The molecule has 3 rings (SSSR count). The van der Waals surface area contributed by atoms with Gasteiger partial charge in [-0.05, 0) is 25.5 Å². The van der Waals surface area contributed by atoms with Crippen LogP contribution in [0.4, 0.5) is 14.5 Å². The molecule has 0 unspecified atom stereocenters. The highest BCUT2D eigenvalue weighted by atomic mass is 32.3. The maximum atomic E-state index is 14.3. The maximum absolute atomic E-state index is 14.3. The third-order valence-electron chi connectivity index (χ3n) is 4.38. The molecule has 5 nitrogen and oxygen atoms in total. The molecule has 1 aliphatic heterocycles. The van der Waals surface area contributed by atoms with E-state index in [1.165, 1.54) is 6.07 Å². The van der Waals surface area contributed by atoms with Gasteiger partial charge >= 0.3 is 0 Å². The minimum Gasteiger partial charge on any atom is -0.399 e. The summed E-state index contributed by atoms with van der Waals surface area (Å²) in [6.45, 7) is 1.56. The van der Waals surface area contributed by atoms with Crippen LogP contribution in [-0.2, 0) is 15.4 Å². The lowest BCUT2D eigenvalue weighted by atomic mass is 9.86. The smallest absolute Gasteiger partial charge is 0.164 e. The molecule has 4 N–H and O–H groups in total. The zero-order chi connectivity index (χ0) is 16.5. The molecule has 3 atom stereocenters. The average molecular weight is 347 g/mol. The molecule has 1 fully saturated rings. The second kappa shape index (κ2) is 4.35. The standard InChI is InChI=1S/C13H15F2N3O2S2/c1-12(7-3-6(16)4-8(14)10(7)15)9-5-13(9,22(2,19)20)21-11(17)18-12/h3-4,9H,5,16H2,1-2H3,(H2,17,18)/t9-,12+,13+/m0/s1. The van der Waals surface area contributed by atoms with Crippen molar-refractivity contribution in [3.63, 3.8) is 0 Å². The first kappa shape index (κ1) is 15.5. The first-order chi connectivity index (χ1) is 10.0. The minimum absolute atomic E-state index is 0.0453. The lowest BCUT2D eigenvalue weighted by Gasteiger charge is -2.33. The molecular weight excluding hydrogens is 332 g/mol. The number of benzene rings is 1. The number of nitrogens with two attached hydrogens (primary N) is 2. The van der Waals surface area contributed by atoms with Gasteiger partial charge in [-0.3, -0.25) is 4.99 Å². The molecule has 0 spiro atoms. The number of nitrogens with zero attached hydrogens (tertiary/aromatic N) is 1. The van der Waals surface area contributed by atoms with Crippen LogP contribution >= 0.6 is 11.8 Å². The van der Waals surface area contributed by atoms with Crippen molar-refractivity contribution < 1.29 is 17.2 Å². The molecule has 9 heteroatoms. The summed E-state index contributed by atoms with van der Waals surface area (Å²) in [5.41, 5.74) is 10.1. The van der Waals surface area contributed by atoms with E-state index in [1.807, 2.05) is 0 Å². The van der Waals surface area contributed by atoms with Crippen molar-refractivity contribution in [1.82, 2.24) is 0 Å². The Morgan fingerprint density at radius 1 is 1.36 bits per heavy atom. The molecule has 22 heavy (non-hydrogen) atoms. The Kier molecular flexibility index (Phi) is 3.07. The second-order valence-corrected chi connectivity index (χ2v) is 9.79. The van der Waals surface area contributed by atoms with Crippen LogP contribution in [0.1, 0.15) is 18.9 Å². The van der Waals surface area contributed by atoms with Gasteiger partial charge in [0.05, 0.1) is 5.54 Å². The molecule has 0 aromatic heterocycles. The number of fused-ring (bicyclic) bond motifs is 1. The molecule has 0 saturated heterocycles. The fourth-order valence-electron chi connectivity index (χ4n) is 3.18. The van der Waals surface area contributed by atoms with E-state index in [-0.39, 0.29) is 22.8 Å². The van der Waals surface area contributed by atoms with Crippen molar-refractivity contribution in [2.75, 3.05) is 12.0 Å². The van der Waals surface area contributed by atoms with E-state index in [0.717, 1.165) is 24.1 Å². The van der Waals surface area contributed by atoms with E-state index >= 15 is 0 Å². The number of hydrogen-bond donors (Lipinski definition) is 2. The second-order valence-electron chi connectivity index (χ2n) is 5.90. The average Bonchev–Trinajstić information content (AvgIpc) is 3.09. The van der Waals surface area contributed by atoms with Crippen molar-refractivity contribution in [3.8, 4) is 0 Å². The summed E-state index contributed by atoms with van der Waals surface area (Å²) in [6, 6.07) is 2.17. The number of anilines is 1. The number of halogens is 2. The lowest BCUT2D eigenvalue weighted by Crippen LogP contribution is -2.39. The summed E-state index contributed by atoms with van der Waals surface area (Å²) < 4.78 is 51.0. The minimum atomic E-state index is -3.44. The molecular formula is C13H15F2N3O2S2. The number of nitrogen functional groups attached to an aromatic ring is 1. The molecule has 1 saturated carbocycles. The van der Waals surface area contributed by atoms with Crippen molar-refractivity contribution in [2.45, 2.75) is 23.0 Å². The van der Waals surface area contributed by atoms with Crippen LogP contribution in [0.5, 0.6) is 0 Å². The summed E-state index contributed by atoms with van der Waals surface area (Å²) in [5, 5.41) is 0.0453. The van der Waals surface area contributed by atoms with E-state index < -0.39 is 37.0 Å². The summed E-state index contributed by atoms with van der Waals surface area (Å²) in [4.78, 5) is 4.24.